The summed E-state index contributed by atoms with van der Waals surface area (Å²) in [4.78, 5) is 51.5. The highest BCUT2D eigenvalue weighted by Crippen LogP contribution is 2.31. The minimum Gasteiger partial charge on any atom is -0.460 e. The predicted molar refractivity (Wildman–Crippen MR) is 192 cm³/mol. The molecule has 1 saturated heterocycles. The predicted octanol–water partition coefficient (Wildman–Crippen LogP) is 6.54. The number of rotatable bonds is 10. The van der Waals surface area contributed by atoms with Gasteiger partial charge in [-0.05, 0) is 61.6 Å². The molecular formula is C37H39F3N4O7S2. The third kappa shape index (κ3) is 9.79. The fourth-order valence-electron chi connectivity index (χ4n) is 5.23. The van der Waals surface area contributed by atoms with Crippen LogP contribution in [0.5, 0.6) is 5.75 Å². The van der Waals surface area contributed by atoms with Crippen molar-refractivity contribution in [2.24, 2.45) is 5.92 Å². The summed E-state index contributed by atoms with van der Waals surface area (Å²) in [5.41, 5.74) is -3.90. The highest BCUT2D eigenvalue weighted by Gasteiger charge is 2.48. The first-order valence-corrected chi connectivity index (χ1v) is 18.8. The first-order valence-electron chi connectivity index (χ1n) is 16.5. The highest BCUT2D eigenvalue weighted by atomic mass is 32.2. The Kier molecular flexibility index (Phi) is 11.1. The first kappa shape index (κ1) is 39.4. The van der Waals surface area contributed by atoms with E-state index in [2.05, 4.69) is 40.2 Å². The van der Waals surface area contributed by atoms with E-state index in [9.17, 15) is 36.0 Å². The maximum atomic E-state index is 13.7. The Morgan fingerprint density at radius 2 is 1.45 bits per heavy atom. The van der Waals surface area contributed by atoms with Gasteiger partial charge in [-0.3, -0.25) is 14.4 Å². The molecule has 0 radical (unpaired) electrons. The Bertz CT molecular complexity index is 2060. The summed E-state index contributed by atoms with van der Waals surface area (Å²) in [6.07, 6.45) is 3.20. The summed E-state index contributed by atoms with van der Waals surface area (Å²) in [5, 5.41) is 2.92. The van der Waals surface area contributed by atoms with E-state index in [1.807, 2.05) is 6.07 Å². The molecule has 0 saturated carbocycles. The summed E-state index contributed by atoms with van der Waals surface area (Å²) in [7, 11) is -5.79. The molecule has 4 aromatic rings. The second-order valence-corrected chi connectivity index (χ2v) is 17.2. The molecule has 0 spiro atoms. The Morgan fingerprint density at radius 1 is 0.868 bits per heavy atom. The molecule has 0 bridgehead atoms. The summed E-state index contributed by atoms with van der Waals surface area (Å²) in [6, 6.07) is 14.9. The van der Waals surface area contributed by atoms with Crippen LogP contribution in [-0.2, 0) is 36.3 Å². The van der Waals surface area contributed by atoms with Crippen LogP contribution in [0.15, 0.2) is 73.1 Å². The van der Waals surface area contributed by atoms with Crippen LogP contribution in [0.1, 0.15) is 61.7 Å². The number of benzene rings is 2. The molecule has 0 aliphatic carbocycles. The SMILES string of the molecule is CC(C)(C)OC(=O)C1CN(C(=O)[C@H](Cc2ccc(-c3ncc(-c4ccc(OS(=O)(=O)C(F)(F)F)cc4)cn3)cc2)NC(=O)c2ccc(C(C)(C)C)s2)C1. The van der Waals surface area contributed by atoms with Crippen LogP contribution in [-0.4, -0.2) is 71.3 Å². The van der Waals surface area contributed by atoms with E-state index in [1.165, 1.54) is 35.9 Å². The number of ether oxygens (including phenoxy) is 1. The number of alkyl halides is 3. The van der Waals surface area contributed by atoms with Gasteiger partial charge in [-0.15, -0.1) is 11.3 Å². The summed E-state index contributed by atoms with van der Waals surface area (Å²) < 4.78 is 70.0. The Hall–Kier alpha value is -4.83. The van der Waals surface area contributed by atoms with Crippen LogP contribution in [0.2, 0.25) is 0 Å². The minimum atomic E-state index is -5.79. The molecule has 1 N–H and O–H groups in total. The van der Waals surface area contributed by atoms with Crippen molar-refractivity contribution in [1.29, 1.82) is 0 Å². The van der Waals surface area contributed by atoms with E-state index < -0.39 is 38.9 Å². The van der Waals surface area contributed by atoms with Gasteiger partial charge in [0, 0.05) is 47.9 Å². The number of hydrogen-bond donors (Lipinski definition) is 1. The van der Waals surface area contributed by atoms with Gasteiger partial charge in [0.1, 0.15) is 17.4 Å². The van der Waals surface area contributed by atoms with Crippen molar-refractivity contribution in [2.45, 2.75) is 70.5 Å². The summed E-state index contributed by atoms with van der Waals surface area (Å²) >= 11 is 1.37. The topological polar surface area (TPSA) is 145 Å². The molecule has 11 nitrogen and oxygen atoms in total. The molecule has 53 heavy (non-hydrogen) atoms. The van der Waals surface area contributed by atoms with Crippen molar-refractivity contribution >= 4 is 39.2 Å². The van der Waals surface area contributed by atoms with Gasteiger partial charge in [0.2, 0.25) is 5.91 Å². The van der Waals surface area contributed by atoms with Gasteiger partial charge >= 0.3 is 21.6 Å². The number of aromatic nitrogens is 2. The molecule has 3 heterocycles. The molecule has 2 aromatic heterocycles. The van der Waals surface area contributed by atoms with Crippen molar-refractivity contribution in [3.63, 3.8) is 0 Å². The molecule has 1 aliphatic rings. The molecular weight excluding hydrogens is 734 g/mol. The van der Waals surface area contributed by atoms with Gasteiger partial charge in [-0.1, -0.05) is 57.2 Å². The van der Waals surface area contributed by atoms with Crippen molar-refractivity contribution < 1.29 is 44.9 Å². The van der Waals surface area contributed by atoms with Crippen molar-refractivity contribution in [3.8, 4) is 28.3 Å². The normalized spacial score (nSPS) is 14.6. The van der Waals surface area contributed by atoms with Crippen molar-refractivity contribution in [3.05, 3.63) is 88.4 Å². The van der Waals surface area contributed by atoms with Crippen LogP contribution in [0, 0.1) is 5.92 Å². The van der Waals surface area contributed by atoms with Crippen molar-refractivity contribution in [2.75, 3.05) is 13.1 Å². The number of esters is 1. The fourth-order valence-corrected chi connectivity index (χ4v) is 6.66. The second kappa shape index (κ2) is 14.9. The van der Waals surface area contributed by atoms with Gasteiger partial charge in [-0.25, -0.2) is 9.97 Å². The minimum absolute atomic E-state index is 0.144. The number of thiophene rings is 1. The monoisotopic (exact) mass is 772 g/mol. The van der Waals surface area contributed by atoms with E-state index in [1.54, 1.807) is 56.0 Å². The Morgan fingerprint density at radius 3 is 1.98 bits per heavy atom. The van der Waals surface area contributed by atoms with Crippen LogP contribution < -0.4 is 9.50 Å². The lowest BCUT2D eigenvalue weighted by Gasteiger charge is -2.40. The van der Waals surface area contributed by atoms with Crippen LogP contribution in [0.25, 0.3) is 22.5 Å². The second-order valence-electron chi connectivity index (χ2n) is 14.6. The zero-order valence-electron chi connectivity index (χ0n) is 29.9. The number of hydrogen-bond acceptors (Lipinski definition) is 10. The molecule has 1 atom stereocenters. The van der Waals surface area contributed by atoms with Gasteiger partial charge in [0.15, 0.2) is 5.82 Å². The Balaban J connectivity index is 1.27. The average molecular weight is 773 g/mol. The van der Waals surface area contributed by atoms with E-state index in [4.69, 9.17) is 4.74 Å². The highest BCUT2D eigenvalue weighted by molar-refractivity contribution is 7.88. The molecule has 1 fully saturated rings. The smallest absolute Gasteiger partial charge is 0.460 e. The molecule has 1 aliphatic heterocycles. The lowest BCUT2D eigenvalue weighted by Crippen LogP contribution is -2.59. The van der Waals surface area contributed by atoms with E-state index in [0.717, 1.165) is 22.6 Å². The van der Waals surface area contributed by atoms with E-state index >= 15 is 0 Å². The van der Waals surface area contributed by atoms with Crippen LogP contribution in [0.3, 0.4) is 0 Å². The molecule has 5 rings (SSSR count). The number of nitrogens with zero attached hydrogens (tertiary/aromatic N) is 3. The lowest BCUT2D eigenvalue weighted by atomic mass is 9.95. The van der Waals surface area contributed by atoms with Crippen LogP contribution in [0.4, 0.5) is 13.2 Å². The van der Waals surface area contributed by atoms with Crippen molar-refractivity contribution in [1.82, 2.24) is 20.2 Å². The van der Waals surface area contributed by atoms with Gasteiger partial charge in [0.05, 0.1) is 10.8 Å². The van der Waals surface area contributed by atoms with E-state index in [-0.39, 0.29) is 42.7 Å². The molecule has 2 aromatic carbocycles. The first-order chi connectivity index (χ1) is 24.6. The van der Waals surface area contributed by atoms with Crippen LogP contribution >= 0.6 is 11.3 Å². The quantitative estimate of drug-likeness (QED) is 0.108. The number of halogens is 3. The summed E-state index contributed by atoms with van der Waals surface area (Å²) in [5.74, 6) is -1.61. The van der Waals surface area contributed by atoms with Gasteiger partial charge < -0.3 is 19.1 Å². The third-order valence-electron chi connectivity index (χ3n) is 8.09. The molecule has 282 valence electrons. The number of carbonyl (C=O) groups excluding carboxylic acids is 3. The summed E-state index contributed by atoms with van der Waals surface area (Å²) in [6.45, 7) is 11.9. The molecule has 0 unspecified atom stereocenters. The zero-order chi connectivity index (χ0) is 38.9. The van der Waals surface area contributed by atoms with E-state index in [0.29, 0.717) is 27.4 Å². The number of amides is 2. The number of nitrogens with one attached hydrogen (secondary N) is 1. The number of carbonyl (C=O) groups is 3. The lowest BCUT2D eigenvalue weighted by molar-refractivity contribution is -0.168. The average Bonchev–Trinajstić information content (AvgIpc) is 3.55. The fraction of sp³-hybridized carbons (Fsp3) is 0.378. The largest absolute Gasteiger partial charge is 0.534 e. The zero-order valence-corrected chi connectivity index (χ0v) is 31.5. The maximum absolute atomic E-state index is 13.7. The standard InChI is InChI=1S/C37H39F3N4O7S2/c1-35(2,3)30-16-15-29(52-30)32(45)43-28(33(46)44-20-26(21-44)34(47)50-36(4,5)6)17-22-7-9-24(10-8-22)31-41-18-25(19-42-31)23-11-13-27(14-12-23)51-53(48,49)37(38,39)40/h7-16,18-19,26,28H,17,20-21H2,1-6H3,(H,43,45)/t28-/m0/s1. The van der Waals surface area contributed by atoms with Gasteiger partial charge in [0.25, 0.3) is 5.91 Å². The molecule has 2 amide bonds. The Labute approximate surface area is 309 Å². The third-order valence-corrected chi connectivity index (χ3v) is 10.6. The maximum Gasteiger partial charge on any atom is 0.534 e. The van der Waals surface area contributed by atoms with Gasteiger partial charge in [-0.2, -0.15) is 21.6 Å². The molecule has 16 heteroatoms. The number of likely N-dealkylation sites (tertiary alicyclic amines) is 1.